The molecule has 1 fully saturated rings. The molecule has 1 rings (SSSR count). The van der Waals surface area contributed by atoms with Crippen molar-refractivity contribution in [2.24, 2.45) is 11.5 Å². The van der Waals surface area contributed by atoms with Crippen LogP contribution in [0.15, 0.2) is 0 Å². The van der Waals surface area contributed by atoms with Gasteiger partial charge in [0.05, 0.1) is 0 Å². The first-order valence-corrected chi connectivity index (χ1v) is 9.19. The van der Waals surface area contributed by atoms with Crippen LogP contribution in [0, 0.1) is 0 Å². The summed E-state index contributed by atoms with van der Waals surface area (Å²) in [5.74, 6) is 0. The summed E-state index contributed by atoms with van der Waals surface area (Å²) in [6.07, 6.45) is 4.80. The predicted molar refractivity (Wildman–Crippen MR) is 46.1 cm³/mol. The van der Waals surface area contributed by atoms with Gasteiger partial charge in [0.25, 0.3) is 0 Å². The van der Waals surface area contributed by atoms with Crippen molar-refractivity contribution in [2.75, 3.05) is 0 Å². The first kappa shape index (κ1) is 12.2. The van der Waals surface area contributed by atoms with Crippen LogP contribution in [0.5, 0.6) is 0 Å². The van der Waals surface area contributed by atoms with Gasteiger partial charge in [-0.15, -0.1) is 0 Å². The monoisotopic (exact) mass is 379 g/mol. The van der Waals surface area contributed by atoms with Gasteiger partial charge in [-0.05, 0) is 12.8 Å². The molecule has 0 bridgehead atoms. The van der Waals surface area contributed by atoms with Crippen LogP contribution in [-0.2, 0) is 16.5 Å². The molecule has 0 aliphatic heterocycles. The number of hydrogen-bond acceptors (Lipinski definition) is 2. The molecule has 5 heteroatoms. The summed E-state index contributed by atoms with van der Waals surface area (Å²) in [6, 6.07) is 0.562. The van der Waals surface area contributed by atoms with Gasteiger partial charge in [0, 0.05) is 12.1 Å². The van der Waals surface area contributed by atoms with Crippen molar-refractivity contribution in [3.05, 3.63) is 0 Å². The molecule has 11 heavy (non-hydrogen) atoms. The van der Waals surface area contributed by atoms with E-state index in [0.717, 1.165) is 12.8 Å². The molecule has 0 aromatic rings. The molecular weight excluding hydrogens is 366 g/mol. The summed E-state index contributed by atoms with van der Waals surface area (Å²) in [5.41, 5.74) is 11.3. The zero-order valence-electron chi connectivity index (χ0n) is 6.21. The van der Waals surface area contributed by atoms with Gasteiger partial charge in [-0.3, -0.25) is 0 Å². The van der Waals surface area contributed by atoms with Crippen molar-refractivity contribution in [1.82, 2.24) is 0 Å². The van der Waals surface area contributed by atoms with Gasteiger partial charge < -0.3 is 11.5 Å². The molecule has 1 aliphatic rings. The van der Waals surface area contributed by atoms with Crippen LogP contribution < -0.4 is 11.5 Å². The quantitative estimate of drug-likeness (QED) is 0.671. The summed E-state index contributed by atoms with van der Waals surface area (Å²) < 4.78 is 0. The van der Waals surface area contributed by atoms with Crippen LogP contribution in [0.2, 0.25) is 0 Å². The second kappa shape index (κ2) is 7.82. The molecule has 0 radical (unpaired) electrons. The number of nitrogens with two attached hydrogens (primary N) is 2. The van der Waals surface area contributed by atoms with Crippen molar-refractivity contribution in [3.63, 3.8) is 0 Å². The van der Waals surface area contributed by atoms with Crippen LogP contribution in [0.4, 0.5) is 0 Å². The van der Waals surface area contributed by atoms with Crippen molar-refractivity contribution >= 4 is 18.8 Å². The Morgan fingerprint density at radius 1 is 1.00 bits per heavy atom. The second-order valence-electron chi connectivity index (χ2n) is 2.66. The molecule has 0 aromatic heterocycles. The number of hydrogen-bond donors (Lipinski definition) is 2. The topological polar surface area (TPSA) is 52.0 Å². The fraction of sp³-hybridized carbons (Fsp3) is 1.00. The van der Waals surface area contributed by atoms with E-state index >= 15 is 0 Å². The minimum absolute atomic E-state index is 0.281. The fourth-order valence-corrected chi connectivity index (χ4v) is 1.19. The van der Waals surface area contributed by atoms with Gasteiger partial charge in [-0.2, -0.15) is 0 Å². The number of halogens is 2. The Bertz CT molecular complexity index is 84.7. The zero-order valence-corrected chi connectivity index (χ0v) is 9.99. The number of rotatable bonds is 0. The van der Waals surface area contributed by atoms with Crippen molar-refractivity contribution in [2.45, 2.75) is 37.8 Å². The third kappa shape index (κ3) is 6.36. The van der Waals surface area contributed by atoms with Gasteiger partial charge in [0.15, 0.2) is 0 Å². The minimum atomic E-state index is -0.472. The molecule has 2 atom stereocenters. The first-order valence-electron chi connectivity index (χ1n) is 3.56. The van der Waals surface area contributed by atoms with Crippen molar-refractivity contribution in [1.29, 1.82) is 0 Å². The predicted octanol–water partition coefficient (Wildman–Crippen LogP) is 1.59. The van der Waals surface area contributed by atoms with Gasteiger partial charge in [0.1, 0.15) is 0 Å². The fourth-order valence-electron chi connectivity index (χ4n) is 1.19. The molecule has 2 nitrogen and oxygen atoms in total. The van der Waals surface area contributed by atoms with E-state index in [1.165, 1.54) is 12.8 Å². The molecule has 0 spiro atoms. The Kier molecular flexibility index (Phi) is 8.66. The summed E-state index contributed by atoms with van der Waals surface area (Å²) in [4.78, 5) is 0. The zero-order chi connectivity index (χ0) is 8.69. The van der Waals surface area contributed by atoms with Crippen molar-refractivity contribution in [3.8, 4) is 0 Å². The van der Waals surface area contributed by atoms with E-state index in [-0.39, 0.29) is 12.1 Å². The molecule has 0 heterocycles. The van der Waals surface area contributed by atoms with Gasteiger partial charge in [0.2, 0.25) is 0 Å². The SMILES string of the molecule is N[C@H]1CCCC[C@@H]1N.[Cl][Pt][Cl]. The third-order valence-electron chi connectivity index (χ3n) is 1.87. The maximum absolute atomic E-state index is 5.65. The van der Waals surface area contributed by atoms with Crippen LogP contribution in [-0.4, -0.2) is 12.1 Å². The third-order valence-corrected chi connectivity index (χ3v) is 1.87. The summed E-state index contributed by atoms with van der Waals surface area (Å²) in [5, 5.41) is 0. The second-order valence-corrected chi connectivity index (χ2v) is 5.94. The molecule has 0 saturated heterocycles. The van der Waals surface area contributed by atoms with E-state index in [2.05, 4.69) is 0 Å². The van der Waals surface area contributed by atoms with E-state index in [4.69, 9.17) is 30.3 Å². The molecule has 72 valence electrons. The maximum atomic E-state index is 5.65. The standard InChI is InChI=1S/C6H14N2.2ClH.Pt/c7-5-3-1-2-4-6(5)8;;;/h5-6H,1-4,7-8H2;2*1H;/q;;;+2/p-2/t5-,6-;;;/m0.../s1. The average Bonchev–Trinajstić information content (AvgIpc) is 1.97. The van der Waals surface area contributed by atoms with Crippen LogP contribution in [0.3, 0.4) is 0 Å². The van der Waals surface area contributed by atoms with E-state index in [1.54, 1.807) is 0 Å². The molecular formula is C6H14Cl2N2Pt. The Morgan fingerprint density at radius 3 is 1.45 bits per heavy atom. The molecule has 1 aliphatic carbocycles. The van der Waals surface area contributed by atoms with E-state index in [1.807, 2.05) is 0 Å². The molecule has 1 saturated carbocycles. The Hall–Kier alpha value is 1.19. The van der Waals surface area contributed by atoms with E-state index in [9.17, 15) is 0 Å². The van der Waals surface area contributed by atoms with E-state index < -0.39 is 16.5 Å². The van der Waals surface area contributed by atoms with Crippen LogP contribution >= 0.6 is 18.8 Å². The van der Waals surface area contributed by atoms with Gasteiger partial charge in [-0.25, -0.2) is 0 Å². The van der Waals surface area contributed by atoms with E-state index in [0.29, 0.717) is 0 Å². The Balaban J connectivity index is 0.000000292. The summed E-state index contributed by atoms with van der Waals surface area (Å²) in [6.45, 7) is 0. The Labute approximate surface area is 84.4 Å². The normalized spacial score (nSPS) is 30.9. The Morgan fingerprint density at radius 2 is 1.27 bits per heavy atom. The van der Waals surface area contributed by atoms with Crippen LogP contribution in [0.1, 0.15) is 25.7 Å². The molecule has 0 amide bonds. The summed E-state index contributed by atoms with van der Waals surface area (Å²) in [7, 11) is 9.75. The molecule has 4 N–H and O–H groups in total. The molecule has 0 aromatic carbocycles. The first-order chi connectivity index (χ1) is 5.22. The summed E-state index contributed by atoms with van der Waals surface area (Å²) >= 11 is -0.472. The van der Waals surface area contributed by atoms with Crippen molar-refractivity contribution < 1.29 is 16.5 Å². The van der Waals surface area contributed by atoms with Gasteiger partial charge in [-0.1, -0.05) is 12.8 Å². The van der Waals surface area contributed by atoms with Crippen LogP contribution in [0.25, 0.3) is 0 Å². The molecule has 0 unspecified atom stereocenters. The van der Waals surface area contributed by atoms with Gasteiger partial charge >= 0.3 is 35.3 Å². The average molecular weight is 380 g/mol.